The van der Waals surface area contributed by atoms with Gasteiger partial charge >= 0.3 is 5.97 Å². The lowest BCUT2D eigenvalue weighted by Gasteiger charge is -2.28. The predicted octanol–water partition coefficient (Wildman–Crippen LogP) is 0.988. The number of halogens is 2. The molecule has 0 fully saturated rings. The molecule has 0 aliphatic heterocycles. The topological polar surface area (TPSA) is 77.8 Å². The van der Waals surface area contributed by atoms with Crippen LogP contribution in [0.4, 0.5) is 0 Å². The fourth-order valence-corrected chi connectivity index (χ4v) is 1.34. The van der Waals surface area contributed by atoms with Crippen molar-refractivity contribution in [3.8, 4) is 0 Å². The van der Waals surface area contributed by atoms with Crippen LogP contribution in [-0.4, -0.2) is 31.7 Å². The van der Waals surface area contributed by atoms with Gasteiger partial charge in [0.1, 0.15) is 11.1 Å². The Bertz CT molecular complexity index is 306. The SMILES string of the molecule is O=C(O)C1=CC=C(O)C(O)(Cl)C1Cl. The Morgan fingerprint density at radius 3 is 2.54 bits per heavy atom. The summed E-state index contributed by atoms with van der Waals surface area (Å²) < 4.78 is 0. The van der Waals surface area contributed by atoms with Gasteiger partial charge in [-0.05, 0) is 12.2 Å². The molecule has 0 saturated carbocycles. The first-order valence-corrected chi connectivity index (χ1v) is 4.08. The molecule has 0 amide bonds. The third kappa shape index (κ3) is 1.65. The monoisotopic (exact) mass is 224 g/mol. The average molecular weight is 225 g/mol. The van der Waals surface area contributed by atoms with E-state index in [2.05, 4.69) is 0 Å². The fourth-order valence-electron chi connectivity index (χ4n) is 0.886. The molecule has 2 atom stereocenters. The summed E-state index contributed by atoms with van der Waals surface area (Å²) >= 11 is 10.9. The molecule has 2 unspecified atom stereocenters. The number of rotatable bonds is 1. The molecule has 1 rings (SSSR count). The van der Waals surface area contributed by atoms with Gasteiger partial charge in [0.25, 0.3) is 0 Å². The highest BCUT2D eigenvalue weighted by Gasteiger charge is 2.44. The highest BCUT2D eigenvalue weighted by atomic mass is 35.5. The highest BCUT2D eigenvalue weighted by molar-refractivity contribution is 6.35. The lowest BCUT2D eigenvalue weighted by molar-refractivity contribution is -0.133. The smallest absolute Gasteiger partial charge is 0.333 e. The molecule has 0 aromatic rings. The molecule has 72 valence electrons. The van der Waals surface area contributed by atoms with Gasteiger partial charge in [-0.25, -0.2) is 4.79 Å². The molecule has 0 saturated heterocycles. The first-order valence-electron chi connectivity index (χ1n) is 3.27. The lowest BCUT2D eigenvalue weighted by Crippen LogP contribution is -2.40. The normalized spacial score (nSPS) is 33.6. The van der Waals surface area contributed by atoms with Crippen LogP contribution in [0.15, 0.2) is 23.5 Å². The predicted molar refractivity (Wildman–Crippen MR) is 46.9 cm³/mol. The van der Waals surface area contributed by atoms with E-state index in [-0.39, 0.29) is 5.57 Å². The van der Waals surface area contributed by atoms with E-state index in [1.165, 1.54) is 0 Å². The van der Waals surface area contributed by atoms with Gasteiger partial charge in [0, 0.05) is 0 Å². The first kappa shape index (κ1) is 10.4. The lowest BCUT2D eigenvalue weighted by atomic mass is 10.00. The van der Waals surface area contributed by atoms with Gasteiger partial charge in [0.05, 0.1) is 5.57 Å². The second-order valence-corrected chi connectivity index (χ2v) is 3.53. The van der Waals surface area contributed by atoms with Gasteiger partial charge in [-0.15, -0.1) is 11.6 Å². The molecule has 6 heteroatoms. The van der Waals surface area contributed by atoms with E-state index in [1.54, 1.807) is 0 Å². The van der Waals surface area contributed by atoms with Crippen LogP contribution in [0, 0.1) is 0 Å². The summed E-state index contributed by atoms with van der Waals surface area (Å²) in [6.45, 7) is 0. The van der Waals surface area contributed by atoms with Crippen LogP contribution in [-0.2, 0) is 4.79 Å². The van der Waals surface area contributed by atoms with E-state index in [0.717, 1.165) is 12.2 Å². The number of hydrogen-bond acceptors (Lipinski definition) is 3. The third-order valence-electron chi connectivity index (χ3n) is 1.64. The molecule has 0 spiro atoms. The molecule has 0 heterocycles. The quantitative estimate of drug-likeness (QED) is 0.581. The second-order valence-electron chi connectivity index (χ2n) is 2.51. The number of carboxylic acids is 1. The van der Waals surface area contributed by atoms with Crippen molar-refractivity contribution in [3.63, 3.8) is 0 Å². The molecule has 0 radical (unpaired) electrons. The van der Waals surface area contributed by atoms with E-state index >= 15 is 0 Å². The maximum atomic E-state index is 10.5. The van der Waals surface area contributed by atoms with Crippen LogP contribution in [0.3, 0.4) is 0 Å². The summed E-state index contributed by atoms with van der Waals surface area (Å²) in [5.74, 6) is -1.86. The molecular formula is C7H6Cl2O4. The van der Waals surface area contributed by atoms with Gasteiger partial charge in [0.15, 0.2) is 0 Å². The minimum Gasteiger partial charge on any atom is -0.508 e. The number of allylic oxidation sites excluding steroid dienone is 2. The Hall–Kier alpha value is -0.710. The van der Waals surface area contributed by atoms with Crippen molar-refractivity contribution in [2.24, 2.45) is 0 Å². The average Bonchev–Trinajstić information content (AvgIpc) is 2.01. The summed E-state index contributed by atoms with van der Waals surface area (Å²) in [6, 6.07) is 0. The summed E-state index contributed by atoms with van der Waals surface area (Å²) in [6.07, 6.45) is 2.08. The number of carbonyl (C=O) groups is 1. The molecule has 13 heavy (non-hydrogen) atoms. The van der Waals surface area contributed by atoms with E-state index in [4.69, 9.17) is 33.4 Å². The zero-order valence-electron chi connectivity index (χ0n) is 6.24. The van der Waals surface area contributed by atoms with Gasteiger partial charge in [-0.2, -0.15) is 0 Å². The third-order valence-corrected chi connectivity index (χ3v) is 2.71. The first-order chi connectivity index (χ1) is 5.87. The molecule has 0 aromatic carbocycles. The second kappa shape index (κ2) is 3.21. The number of aliphatic hydroxyl groups excluding tert-OH is 1. The Kier molecular flexibility index (Phi) is 2.56. The number of hydrogen-bond donors (Lipinski definition) is 3. The van der Waals surface area contributed by atoms with Gasteiger partial charge in [0.2, 0.25) is 5.06 Å². The van der Waals surface area contributed by atoms with Crippen molar-refractivity contribution < 1.29 is 20.1 Å². The minimum atomic E-state index is -2.25. The number of alkyl halides is 2. The van der Waals surface area contributed by atoms with Crippen LogP contribution >= 0.6 is 23.2 Å². The summed E-state index contributed by atoms with van der Waals surface area (Å²) in [5.41, 5.74) is -0.267. The van der Waals surface area contributed by atoms with Crippen LogP contribution in [0.1, 0.15) is 0 Å². The zero-order valence-corrected chi connectivity index (χ0v) is 7.75. The summed E-state index contributed by atoms with van der Waals surface area (Å²) in [4.78, 5) is 10.5. The van der Waals surface area contributed by atoms with Gasteiger partial charge in [-0.1, -0.05) is 11.6 Å². The largest absolute Gasteiger partial charge is 0.508 e. The molecule has 4 nitrogen and oxygen atoms in total. The van der Waals surface area contributed by atoms with Crippen LogP contribution in [0.2, 0.25) is 0 Å². The number of aliphatic carboxylic acids is 1. The van der Waals surface area contributed by atoms with E-state index < -0.39 is 22.2 Å². The number of carboxylic acid groups (broad SMARTS) is 1. The van der Waals surface area contributed by atoms with Crippen molar-refractivity contribution in [1.29, 1.82) is 0 Å². The summed E-state index contributed by atoms with van der Waals surface area (Å²) in [7, 11) is 0. The Morgan fingerprint density at radius 2 is 2.08 bits per heavy atom. The van der Waals surface area contributed by atoms with Crippen molar-refractivity contribution in [2.75, 3.05) is 0 Å². The Labute approximate surface area is 83.7 Å². The Balaban J connectivity index is 3.12. The maximum absolute atomic E-state index is 10.5. The molecule has 3 N–H and O–H groups in total. The summed E-state index contributed by atoms with van der Waals surface area (Å²) in [5, 5.41) is 23.4. The van der Waals surface area contributed by atoms with Crippen LogP contribution in [0.5, 0.6) is 0 Å². The number of aliphatic hydroxyl groups is 2. The highest BCUT2D eigenvalue weighted by Crippen LogP contribution is 2.35. The minimum absolute atomic E-state index is 0.267. The molecule has 0 bridgehead atoms. The molecule has 1 aliphatic rings. The zero-order chi connectivity index (χ0) is 10.2. The van der Waals surface area contributed by atoms with Gasteiger partial charge in [-0.3, -0.25) is 0 Å². The van der Waals surface area contributed by atoms with Crippen LogP contribution < -0.4 is 0 Å². The standard InChI is InChI=1S/C7H6Cl2O4/c8-5-3(6(11)12)1-2-4(10)7(5,9)13/h1-2,5,10,13H,(H,11,12). The van der Waals surface area contributed by atoms with Crippen molar-refractivity contribution in [1.82, 2.24) is 0 Å². The van der Waals surface area contributed by atoms with E-state index in [0.29, 0.717) is 0 Å². The van der Waals surface area contributed by atoms with Crippen molar-refractivity contribution >= 4 is 29.2 Å². The molecule has 1 aliphatic carbocycles. The van der Waals surface area contributed by atoms with E-state index in [9.17, 15) is 9.90 Å². The maximum Gasteiger partial charge on any atom is 0.333 e. The van der Waals surface area contributed by atoms with Crippen molar-refractivity contribution in [3.05, 3.63) is 23.5 Å². The fraction of sp³-hybridized carbons (Fsp3) is 0.286. The molecular weight excluding hydrogens is 219 g/mol. The molecule has 0 aromatic heterocycles. The van der Waals surface area contributed by atoms with E-state index in [1.807, 2.05) is 0 Å². The Morgan fingerprint density at radius 1 is 1.54 bits per heavy atom. The van der Waals surface area contributed by atoms with Crippen LogP contribution in [0.25, 0.3) is 0 Å². The van der Waals surface area contributed by atoms with Crippen molar-refractivity contribution in [2.45, 2.75) is 10.4 Å². The van der Waals surface area contributed by atoms with Gasteiger partial charge < -0.3 is 15.3 Å².